The molecule has 0 spiro atoms. The Morgan fingerprint density at radius 1 is 0.680 bits per heavy atom. The minimum atomic E-state index is -1.40. The van der Waals surface area contributed by atoms with E-state index in [1.54, 1.807) is 0 Å². The molecule has 2 nitrogen and oxygen atoms in total. The van der Waals surface area contributed by atoms with Crippen molar-refractivity contribution in [2.75, 3.05) is 14.1 Å². The number of rotatable bonds is 5. The molecule has 0 bridgehead atoms. The first-order valence-corrected chi connectivity index (χ1v) is 8.17. The van der Waals surface area contributed by atoms with Gasteiger partial charge in [-0.2, -0.15) is 0 Å². The van der Waals surface area contributed by atoms with Crippen LogP contribution in [0.1, 0.15) is 22.7 Å². The van der Waals surface area contributed by atoms with Gasteiger partial charge in [-0.05, 0) is 25.3 Å². The molecule has 0 heterocycles. The van der Waals surface area contributed by atoms with Crippen molar-refractivity contribution in [2.45, 2.75) is 11.6 Å². The Morgan fingerprint density at radius 3 is 1.40 bits per heavy atom. The zero-order chi connectivity index (χ0) is 17.0. The largest absolute Gasteiger partial charge is 1.00 e. The summed E-state index contributed by atoms with van der Waals surface area (Å²) in [7, 11) is 3.94. The Labute approximate surface area is 162 Å². The average Bonchev–Trinajstić information content (AvgIpc) is 2.64. The third-order valence-corrected chi connectivity index (χ3v) is 4.42. The second kappa shape index (κ2) is 8.51. The van der Waals surface area contributed by atoms with Crippen LogP contribution in [0.3, 0.4) is 0 Å². The topological polar surface area (TPSA) is 26.3 Å². The van der Waals surface area contributed by atoms with E-state index in [2.05, 4.69) is 0 Å². The number of nitrogens with zero attached hydrogens (tertiary/aromatic N) is 1. The van der Waals surface area contributed by atoms with Gasteiger partial charge in [0.25, 0.3) is 0 Å². The van der Waals surface area contributed by atoms with E-state index in [0.29, 0.717) is 0 Å². The van der Waals surface area contributed by atoms with Gasteiger partial charge in [0.2, 0.25) is 0 Å². The van der Waals surface area contributed by atoms with Crippen LogP contribution in [0.25, 0.3) is 0 Å². The fourth-order valence-corrected chi connectivity index (χ4v) is 3.39. The molecule has 0 radical (unpaired) electrons. The Hall–Kier alpha value is -1.82. The van der Waals surface area contributed by atoms with Gasteiger partial charge in [0.15, 0.2) is 0 Å². The van der Waals surface area contributed by atoms with E-state index in [1.165, 1.54) is 0 Å². The molecule has 0 aliphatic heterocycles. The predicted octanol–water partition coefficient (Wildman–Crippen LogP) is 0.597. The van der Waals surface area contributed by atoms with Gasteiger partial charge in [-0.3, -0.25) is 0 Å². The molecule has 25 heavy (non-hydrogen) atoms. The summed E-state index contributed by atoms with van der Waals surface area (Å²) >= 11 is 0. The summed E-state index contributed by atoms with van der Waals surface area (Å²) in [4.78, 5) is 2.02. The van der Waals surface area contributed by atoms with Crippen LogP contribution in [0.4, 0.5) is 0 Å². The molecule has 0 aromatic heterocycles. The zero-order valence-electron chi connectivity index (χ0n) is 15.1. The monoisotopic (exact) mass is 323 g/mol. The number of benzene rings is 3. The van der Waals surface area contributed by atoms with Crippen LogP contribution in [0.15, 0.2) is 91.0 Å². The van der Waals surface area contributed by atoms with Gasteiger partial charge in [0, 0.05) is 6.04 Å². The Morgan fingerprint density at radius 2 is 1.04 bits per heavy atom. The Balaban J connectivity index is 0.00000225. The van der Waals surface area contributed by atoms with Crippen LogP contribution >= 0.6 is 0 Å². The summed E-state index contributed by atoms with van der Waals surface area (Å²) in [6.07, 6.45) is 0. The summed E-state index contributed by atoms with van der Waals surface area (Å²) in [5, 5.41) is 14.4. The van der Waals surface area contributed by atoms with Crippen molar-refractivity contribution in [1.82, 2.24) is 4.90 Å². The Kier molecular flexibility index (Phi) is 6.64. The van der Waals surface area contributed by atoms with Crippen molar-refractivity contribution >= 4 is 0 Å². The van der Waals surface area contributed by atoms with Crippen molar-refractivity contribution in [3.63, 3.8) is 0 Å². The van der Waals surface area contributed by atoms with Crippen LogP contribution in [-0.4, -0.2) is 19.0 Å². The smallest absolute Gasteiger partial charge is 0.841 e. The van der Waals surface area contributed by atoms with Gasteiger partial charge >= 0.3 is 18.9 Å². The summed E-state index contributed by atoms with van der Waals surface area (Å²) in [6, 6.07) is 29.0. The molecule has 3 rings (SSSR count). The third-order valence-electron chi connectivity index (χ3n) is 4.42. The average molecular weight is 323 g/mol. The molecule has 3 heteroatoms. The van der Waals surface area contributed by atoms with E-state index in [4.69, 9.17) is 0 Å². The minimum Gasteiger partial charge on any atom is -0.841 e. The van der Waals surface area contributed by atoms with Crippen molar-refractivity contribution in [1.29, 1.82) is 0 Å². The summed E-state index contributed by atoms with van der Waals surface area (Å²) < 4.78 is 0. The summed E-state index contributed by atoms with van der Waals surface area (Å²) in [6.45, 7) is 0. The van der Waals surface area contributed by atoms with Crippen LogP contribution in [0, 0.1) is 0 Å². The second-order valence-electron chi connectivity index (χ2n) is 6.24. The predicted molar refractivity (Wildman–Crippen MR) is 96.5 cm³/mol. The first-order valence-electron chi connectivity index (χ1n) is 8.17. The van der Waals surface area contributed by atoms with Gasteiger partial charge in [0.1, 0.15) is 0 Å². The molecule has 0 N–H and O–H groups in total. The molecule has 3 aromatic rings. The molecule has 1 atom stereocenters. The normalized spacial score (nSPS) is 12.5. The zero-order valence-corrected chi connectivity index (χ0v) is 15.1. The van der Waals surface area contributed by atoms with Gasteiger partial charge in [-0.15, -0.1) is 0 Å². The Bertz CT molecular complexity index is 720. The van der Waals surface area contributed by atoms with E-state index in [-0.39, 0.29) is 24.9 Å². The maximum absolute atomic E-state index is 14.4. The molecule has 0 unspecified atom stereocenters. The van der Waals surface area contributed by atoms with E-state index >= 15 is 0 Å². The van der Waals surface area contributed by atoms with Crippen molar-refractivity contribution in [3.05, 3.63) is 108 Å². The van der Waals surface area contributed by atoms with E-state index in [1.807, 2.05) is 110 Å². The molecule has 3 aromatic carbocycles. The van der Waals surface area contributed by atoms with Gasteiger partial charge in [-0.1, -0.05) is 102 Å². The fraction of sp³-hybridized carbons (Fsp3) is 0.182. The number of hydrogen-bond donors (Lipinski definition) is 0. The third kappa shape index (κ3) is 3.89. The van der Waals surface area contributed by atoms with E-state index in [9.17, 15) is 5.11 Å². The molecule has 0 fully saturated rings. The maximum Gasteiger partial charge on any atom is 1.00 e. The fourth-order valence-electron chi connectivity index (χ4n) is 3.39. The first kappa shape index (κ1) is 19.5. The molecule has 0 saturated carbocycles. The van der Waals surface area contributed by atoms with E-state index < -0.39 is 5.60 Å². The van der Waals surface area contributed by atoms with Crippen molar-refractivity contribution < 1.29 is 24.0 Å². The summed E-state index contributed by atoms with van der Waals surface area (Å²) in [5.41, 5.74) is 1.18. The van der Waals surface area contributed by atoms with Crippen LogP contribution in [0.5, 0.6) is 0 Å². The maximum atomic E-state index is 14.4. The minimum absolute atomic E-state index is 0. The first-order chi connectivity index (χ1) is 11.6. The second-order valence-corrected chi connectivity index (χ2v) is 6.24. The van der Waals surface area contributed by atoms with Crippen molar-refractivity contribution in [2.24, 2.45) is 0 Å². The molecule has 0 amide bonds. The standard InChI is InChI=1S/C22H22NO.Li/c1-23(2)21(18-12-6-3-7-13-18)22(24,19-14-8-4-9-15-19)20-16-10-5-11-17-20;/h3-17,21H,1-2H3;/q-1;+1/t21-;/m1./s1. The SMILES string of the molecule is CN(C)[C@H](c1ccccc1)C([O-])(c1ccccc1)c1ccccc1.[Li+]. The summed E-state index contributed by atoms with van der Waals surface area (Å²) in [5.74, 6) is 0. The molecule has 0 saturated heterocycles. The van der Waals surface area contributed by atoms with E-state index in [0.717, 1.165) is 16.7 Å². The van der Waals surface area contributed by atoms with Crippen molar-refractivity contribution in [3.8, 4) is 0 Å². The quantitative estimate of drug-likeness (QED) is 0.643. The van der Waals surface area contributed by atoms with Gasteiger partial charge in [-0.25, -0.2) is 0 Å². The van der Waals surface area contributed by atoms with Gasteiger partial charge in [0.05, 0.1) is 0 Å². The van der Waals surface area contributed by atoms with Gasteiger partial charge < -0.3 is 10.0 Å². The number of likely N-dealkylation sites (N-methyl/N-ethyl adjacent to an activating group) is 1. The van der Waals surface area contributed by atoms with Crippen LogP contribution < -0.4 is 24.0 Å². The molecule has 122 valence electrons. The number of hydrogen-bond acceptors (Lipinski definition) is 2. The molecular formula is C22H22LiNO. The molecular weight excluding hydrogens is 301 g/mol. The van der Waals surface area contributed by atoms with Crippen LogP contribution in [-0.2, 0) is 5.60 Å². The van der Waals surface area contributed by atoms with Crippen LogP contribution in [0.2, 0.25) is 0 Å². The molecule has 0 aliphatic rings. The molecule has 0 aliphatic carbocycles.